The average molecular weight is 296 g/mol. The fraction of sp³-hybridized carbons (Fsp3) is 0.364. The van der Waals surface area contributed by atoms with Crippen LogP contribution < -0.4 is 5.56 Å². The molecule has 0 bridgehead atoms. The predicted octanol–water partition coefficient (Wildman–Crippen LogP) is 1.92. The van der Waals surface area contributed by atoms with Crippen LogP contribution in [0.15, 0.2) is 32.4 Å². The maximum absolute atomic E-state index is 11.5. The van der Waals surface area contributed by atoms with Crippen LogP contribution in [0.4, 0.5) is 0 Å². The predicted molar refractivity (Wildman–Crippen MR) is 63.8 cm³/mol. The Bertz CT molecular complexity index is 601. The summed E-state index contributed by atoms with van der Waals surface area (Å²) in [7, 11) is 0. The lowest BCUT2D eigenvalue weighted by Crippen LogP contribution is -2.19. The van der Waals surface area contributed by atoms with Gasteiger partial charge in [0.05, 0.1) is 18.4 Å². The van der Waals surface area contributed by atoms with Crippen LogP contribution in [0, 0.1) is 0 Å². The number of aromatic nitrogens is 3. The normalized spacial score (nSPS) is 15.1. The number of hydrogen-bond acceptors (Lipinski definition) is 4. The van der Waals surface area contributed by atoms with Crippen molar-refractivity contribution in [2.24, 2.45) is 0 Å². The molecule has 6 heteroatoms. The molecule has 0 spiro atoms. The van der Waals surface area contributed by atoms with E-state index in [1.807, 2.05) is 6.07 Å². The SMILES string of the molecule is O=c1cnc(Br)cn1Cc1cc(C2CC2)no1. The van der Waals surface area contributed by atoms with E-state index in [4.69, 9.17) is 4.52 Å². The van der Waals surface area contributed by atoms with Gasteiger partial charge in [0.15, 0.2) is 5.76 Å². The second-order valence-electron chi connectivity index (χ2n) is 4.17. The second-order valence-corrected chi connectivity index (χ2v) is 4.98. The van der Waals surface area contributed by atoms with E-state index in [-0.39, 0.29) is 5.56 Å². The van der Waals surface area contributed by atoms with Crippen LogP contribution in [0.2, 0.25) is 0 Å². The smallest absolute Gasteiger partial charge is 0.269 e. The van der Waals surface area contributed by atoms with Crippen molar-refractivity contribution in [1.82, 2.24) is 14.7 Å². The molecule has 0 radical (unpaired) electrons. The molecule has 0 unspecified atom stereocenters. The van der Waals surface area contributed by atoms with E-state index >= 15 is 0 Å². The van der Waals surface area contributed by atoms with E-state index < -0.39 is 0 Å². The zero-order chi connectivity index (χ0) is 11.8. The first-order valence-corrected chi connectivity index (χ1v) is 6.19. The fourth-order valence-corrected chi connectivity index (χ4v) is 2.03. The Morgan fingerprint density at radius 1 is 1.53 bits per heavy atom. The van der Waals surface area contributed by atoms with Crippen LogP contribution in [-0.4, -0.2) is 14.7 Å². The quantitative estimate of drug-likeness (QED) is 0.868. The van der Waals surface area contributed by atoms with Crippen molar-refractivity contribution in [1.29, 1.82) is 0 Å². The summed E-state index contributed by atoms with van der Waals surface area (Å²) in [5, 5.41) is 4.01. The molecule has 0 saturated heterocycles. The lowest BCUT2D eigenvalue weighted by atomic mass is 10.3. The first-order valence-electron chi connectivity index (χ1n) is 5.40. The standard InChI is InChI=1S/C11H10BrN3O2/c12-10-6-15(11(16)4-13-10)5-8-3-9(14-17-8)7-1-2-7/h3-4,6-7H,1-2,5H2. The van der Waals surface area contributed by atoms with Crippen molar-refractivity contribution in [3.05, 3.63) is 44.9 Å². The molecule has 17 heavy (non-hydrogen) atoms. The van der Waals surface area contributed by atoms with Crippen LogP contribution in [0.25, 0.3) is 0 Å². The highest BCUT2D eigenvalue weighted by atomic mass is 79.9. The van der Waals surface area contributed by atoms with Gasteiger partial charge in [-0.1, -0.05) is 5.16 Å². The van der Waals surface area contributed by atoms with Gasteiger partial charge in [0.2, 0.25) is 0 Å². The first-order chi connectivity index (χ1) is 8.22. The van der Waals surface area contributed by atoms with Gasteiger partial charge in [0.25, 0.3) is 5.56 Å². The minimum atomic E-state index is -0.155. The third kappa shape index (κ3) is 2.31. The van der Waals surface area contributed by atoms with Crippen LogP contribution >= 0.6 is 15.9 Å². The molecule has 5 nitrogen and oxygen atoms in total. The summed E-state index contributed by atoms with van der Waals surface area (Å²) >= 11 is 3.23. The molecule has 2 heterocycles. The highest BCUT2D eigenvalue weighted by Crippen LogP contribution is 2.39. The van der Waals surface area contributed by atoms with E-state index in [9.17, 15) is 4.79 Å². The average Bonchev–Trinajstić information content (AvgIpc) is 3.05. The van der Waals surface area contributed by atoms with Crippen LogP contribution in [0.5, 0.6) is 0 Å². The van der Waals surface area contributed by atoms with Crippen LogP contribution in [0.3, 0.4) is 0 Å². The molecule has 1 aliphatic rings. The third-order valence-corrected chi connectivity index (χ3v) is 3.15. The Morgan fingerprint density at radius 2 is 2.35 bits per heavy atom. The molecule has 1 saturated carbocycles. The summed E-state index contributed by atoms with van der Waals surface area (Å²) in [6.45, 7) is 0.389. The summed E-state index contributed by atoms with van der Waals surface area (Å²) < 4.78 is 7.38. The minimum absolute atomic E-state index is 0.155. The minimum Gasteiger partial charge on any atom is -0.359 e. The molecule has 88 valence electrons. The topological polar surface area (TPSA) is 60.9 Å². The van der Waals surface area contributed by atoms with Gasteiger partial charge in [0, 0.05) is 18.2 Å². The van der Waals surface area contributed by atoms with Crippen LogP contribution in [-0.2, 0) is 6.54 Å². The Balaban J connectivity index is 1.85. The van der Waals surface area contributed by atoms with Gasteiger partial charge in [-0.25, -0.2) is 4.98 Å². The maximum atomic E-state index is 11.5. The molecular formula is C11H10BrN3O2. The van der Waals surface area contributed by atoms with Gasteiger partial charge in [-0.3, -0.25) is 4.79 Å². The van der Waals surface area contributed by atoms with E-state index in [1.165, 1.54) is 23.6 Å². The van der Waals surface area contributed by atoms with Crippen molar-refractivity contribution >= 4 is 15.9 Å². The van der Waals surface area contributed by atoms with Crippen molar-refractivity contribution in [2.75, 3.05) is 0 Å². The molecule has 1 aliphatic carbocycles. The number of hydrogen-bond donors (Lipinski definition) is 0. The van der Waals surface area contributed by atoms with Gasteiger partial charge in [-0.15, -0.1) is 0 Å². The van der Waals surface area contributed by atoms with Crippen molar-refractivity contribution in [3.8, 4) is 0 Å². The molecule has 2 aromatic heterocycles. The zero-order valence-electron chi connectivity index (χ0n) is 8.97. The van der Waals surface area contributed by atoms with Crippen molar-refractivity contribution in [2.45, 2.75) is 25.3 Å². The Kier molecular flexibility index (Phi) is 2.58. The Hall–Kier alpha value is -1.43. The molecule has 2 aromatic rings. The Morgan fingerprint density at radius 3 is 3.12 bits per heavy atom. The molecule has 0 N–H and O–H groups in total. The van der Waals surface area contributed by atoms with Gasteiger partial charge in [-0.05, 0) is 28.8 Å². The highest BCUT2D eigenvalue weighted by molar-refractivity contribution is 9.10. The van der Waals surface area contributed by atoms with Gasteiger partial charge >= 0.3 is 0 Å². The zero-order valence-corrected chi connectivity index (χ0v) is 10.6. The van der Waals surface area contributed by atoms with Crippen molar-refractivity contribution < 1.29 is 4.52 Å². The van der Waals surface area contributed by atoms with E-state index in [1.54, 1.807) is 6.20 Å². The molecule has 1 fully saturated rings. The van der Waals surface area contributed by atoms with Crippen LogP contribution in [0.1, 0.15) is 30.2 Å². The Labute approximate surface area is 106 Å². The summed E-state index contributed by atoms with van der Waals surface area (Å²) in [4.78, 5) is 15.4. The number of nitrogens with zero attached hydrogens (tertiary/aromatic N) is 3. The summed E-state index contributed by atoms with van der Waals surface area (Å²) in [6.07, 6.45) is 5.29. The van der Waals surface area contributed by atoms with Gasteiger partial charge < -0.3 is 9.09 Å². The maximum Gasteiger partial charge on any atom is 0.269 e. The summed E-state index contributed by atoms with van der Waals surface area (Å²) in [5.41, 5.74) is 0.846. The second kappa shape index (κ2) is 4.10. The van der Waals surface area contributed by atoms with E-state index in [2.05, 4.69) is 26.1 Å². The van der Waals surface area contributed by atoms with Gasteiger partial charge in [-0.2, -0.15) is 0 Å². The monoisotopic (exact) mass is 295 g/mol. The molecule has 3 rings (SSSR count). The summed E-state index contributed by atoms with van der Waals surface area (Å²) in [5.74, 6) is 1.26. The molecule has 0 aromatic carbocycles. The van der Waals surface area contributed by atoms with Gasteiger partial charge in [0.1, 0.15) is 4.60 Å². The first kappa shape index (κ1) is 10.7. The molecule has 0 amide bonds. The third-order valence-electron chi connectivity index (χ3n) is 2.74. The lowest BCUT2D eigenvalue weighted by molar-refractivity contribution is 0.369. The largest absolute Gasteiger partial charge is 0.359 e. The molecule has 0 atom stereocenters. The van der Waals surface area contributed by atoms with E-state index in [0.29, 0.717) is 22.8 Å². The fourth-order valence-electron chi connectivity index (χ4n) is 1.68. The lowest BCUT2D eigenvalue weighted by Gasteiger charge is -2.01. The van der Waals surface area contributed by atoms with E-state index in [0.717, 1.165) is 5.69 Å². The van der Waals surface area contributed by atoms with Crippen molar-refractivity contribution in [3.63, 3.8) is 0 Å². The summed E-state index contributed by atoms with van der Waals surface area (Å²) in [6, 6.07) is 1.93. The highest BCUT2D eigenvalue weighted by Gasteiger charge is 2.27. The molecule has 0 aliphatic heterocycles. The number of halogens is 1. The number of rotatable bonds is 3. The molecular weight excluding hydrogens is 286 g/mol.